The third kappa shape index (κ3) is 6.95. The van der Waals surface area contributed by atoms with Crippen LogP contribution in [-0.2, 0) is 14.3 Å². The molecule has 0 unspecified atom stereocenters. The lowest BCUT2D eigenvalue weighted by molar-refractivity contribution is -0.148. The van der Waals surface area contributed by atoms with Crippen LogP contribution in [0.3, 0.4) is 0 Å². The third-order valence-corrected chi connectivity index (χ3v) is 3.82. The van der Waals surface area contributed by atoms with Crippen molar-refractivity contribution >= 4 is 23.6 Å². The molecule has 2 aromatic rings. The number of nitrogens with one attached hydrogen (secondary N) is 1. The lowest BCUT2D eigenvalue weighted by Crippen LogP contribution is -2.29. The summed E-state index contributed by atoms with van der Waals surface area (Å²) in [6, 6.07) is 10.7. The van der Waals surface area contributed by atoms with Gasteiger partial charge in [0, 0.05) is 11.8 Å². The molecular weight excluding hydrogens is 377 g/mol. The summed E-state index contributed by atoms with van der Waals surface area (Å²) in [6.45, 7) is 4.02. The standard InChI is InChI=1S/C22H24FNO5/c1-4-12-28-19-10-8-16(13-20(19)27-3)9-11-21(25)29-15(2)22(26)24-18-7-5-6-17(23)14-18/h5-11,13-15H,4,12H2,1-3H3,(H,24,26)/b11-9+/t15-/m1/s1. The maximum absolute atomic E-state index is 13.2. The van der Waals surface area contributed by atoms with Crippen LogP contribution >= 0.6 is 0 Å². The van der Waals surface area contributed by atoms with Gasteiger partial charge in [0.25, 0.3) is 5.91 Å². The van der Waals surface area contributed by atoms with Crippen molar-refractivity contribution in [3.63, 3.8) is 0 Å². The Hall–Kier alpha value is -3.35. The fourth-order valence-electron chi connectivity index (χ4n) is 2.36. The summed E-state index contributed by atoms with van der Waals surface area (Å²) in [6.07, 6.45) is 2.59. The maximum atomic E-state index is 13.2. The summed E-state index contributed by atoms with van der Waals surface area (Å²) in [4.78, 5) is 24.1. The van der Waals surface area contributed by atoms with Crippen LogP contribution < -0.4 is 14.8 Å². The fraction of sp³-hybridized carbons (Fsp3) is 0.273. The van der Waals surface area contributed by atoms with Crippen LogP contribution in [-0.4, -0.2) is 31.7 Å². The van der Waals surface area contributed by atoms with E-state index in [1.165, 1.54) is 44.4 Å². The summed E-state index contributed by atoms with van der Waals surface area (Å²) < 4.78 is 29.1. The SMILES string of the molecule is CCCOc1ccc(/C=C/C(=O)O[C@H](C)C(=O)Nc2cccc(F)c2)cc1OC. The average Bonchev–Trinajstić information content (AvgIpc) is 2.70. The molecule has 0 aliphatic heterocycles. The van der Waals surface area contributed by atoms with Crippen LogP contribution in [0.25, 0.3) is 6.08 Å². The molecule has 1 atom stereocenters. The molecule has 1 N–H and O–H groups in total. The van der Waals surface area contributed by atoms with Crippen molar-refractivity contribution in [2.75, 3.05) is 19.0 Å². The summed E-state index contributed by atoms with van der Waals surface area (Å²) in [5, 5.41) is 2.49. The zero-order chi connectivity index (χ0) is 21.2. The Morgan fingerprint density at radius 3 is 2.66 bits per heavy atom. The first-order valence-electron chi connectivity index (χ1n) is 9.19. The summed E-state index contributed by atoms with van der Waals surface area (Å²) in [5.74, 6) is -0.543. The highest BCUT2D eigenvalue weighted by Gasteiger charge is 2.17. The molecule has 0 saturated carbocycles. The molecule has 29 heavy (non-hydrogen) atoms. The maximum Gasteiger partial charge on any atom is 0.331 e. The second kappa shape index (κ2) is 10.8. The van der Waals surface area contributed by atoms with Crippen molar-refractivity contribution in [3.05, 3.63) is 59.9 Å². The number of esters is 1. The van der Waals surface area contributed by atoms with Gasteiger partial charge in [-0.25, -0.2) is 9.18 Å². The lowest BCUT2D eigenvalue weighted by Gasteiger charge is -2.12. The van der Waals surface area contributed by atoms with Crippen molar-refractivity contribution in [2.45, 2.75) is 26.4 Å². The first kappa shape index (κ1) is 21.9. The van der Waals surface area contributed by atoms with Gasteiger partial charge < -0.3 is 19.5 Å². The molecule has 0 fully saturated rings. The van der Waals surface area contributed by atoms with Gasteiger partial charge in [0.05, 0.1) is 13.7 Å². The van der Waals surface area contributed by atoms with Gasteiger partial charge in [0.1, 0.15) is 5.82 Å². The van der Waals surface area contributed by atoms with Crippen LogP contribution in [0.15, 0.2) is 48.5 Å². The van der Waals surface area contributed by atoms with E-state index in [0.717, 1.165) is 6.42 Å². The van der Waals surface area contributed by atoms with Gasteiger partial charge in [-0.3, -0.25) is 4.79 Å². The molecule has 0 bridgehead atoms. The number of carbonyl (C=O) groups is 2. The minimum Gasteiger partial charge on any atom is -0.493 e. The summed E-state index contributed by atoms with van der Waals surface area (Å²) in [5.41, 5.74) is 0.991. The number of methoxy groups -OCH3 is 1. The van der Waals surface area contributed by atoms with Crippen molar-refractivity contribution in [1.82, 2.24) is 0 Å². The largest absolute Gasteiger partial charge is 0.493 e. The predicted octanol–water partition coefficient (Wildman–Crippen LogP) is 4.21. The van der Waals surface area contributed by atoms with Gasteiger partial charge >= 0.3 is 5.97 Å². The number of halogens is 1. The molecule has 0 radical (unpaired) electrons. The zero-order valence-corrected chi connectivity index (χ0v) is 16.6. The van der Waals surface area contributed by atoms with Gasteiger partial charge in [0.15, 0.2) is 17.6 Å². The molecule has 154 valence electrons. The quantitative estimate of drug-likeness (QED) is 0.503. The molecule has 0 aliphatic carbocycles. The number of rotatable bonds is 9. The Labute approximate surface area is 169 Å². The van der Waals surface area contributed by atoms with Crippen molar-refractivity contribution < 1.29 is 28.2 Å². The van der Waals surface area contributed by atoms with Gasteiger partial charge in [-0.15, -0.1) is 0 Å². The third-order valence-electron chi connectivity index (χ3n) is 3.82. The number of hydrogen-bond acceptors (Lipinski definition) is 5. The van der Waals surface area contributed by atoms with E-state index in [9.17, 15) is 14.0 Å². The molecule has 0 heterocycles. The fourth-order valence-corrected chi connectivity index (χ4v) is 2.36. The minimum atomic E-state index is -1.05. The Bertz CT molecular complexity index is 881. The summed E-state index contributed by atoms with van der Waals surface area (Å²) in [7, 11) is 1.54. The molecule has 0 spiro atoms. The van der Waals surface area contributed by atoms with Gasteiger partial charge in [0.2, 0.25) is 0 Å². The lowest BCUT2D eigenvalue weighted by atomic mass is 10.2. The normalized spacial score (nSPS) is 11.7. The average molecular weight is 401 g/mol. The molecular formula is C22H24FNO5. The van der Waals surface area contributed by atoms with Crippen molar-refractivity contribution in [3.8, 4) is 11.5 Å². The second-order valence-corrected chi connectivity index (χ2v) is 6.17. The van der Waals surface area contributed by atoms with Crippen LogP contribution in [0.5, 0.6) is 11.5 Å². The zero-order valence-electron chi connectivity index (χ0n) is 16.6. The monoisotopic (exact) mass is 401 g/mol. The second-order valence-electron chi connectivity index (χ2n) is 6.17. The van der Waals surface area contributed by atoms with Gasteiger partial charge in [-0.2, -0.15) is 0 Å². The molecule has 2 aromatic carbocycles. The van der Waals surface area contributed by atoms with E-state index in [1.54, 1.807) is 24.3 Å². The number of ether oxygens (including phenoxy) is 3. The molecule has 0 aliphatic rings. The van der Waals surface area contributed by atoms with Gasteiger partial charge in [-0.1, -0.05) is 19.1 Å². The Balaban J connectivity index is 1.93. The number of anilines is 1. The smallest absolute Gasteiger partial charge is 0.331 e. The van der Waals surface area contributed by atoms with Gasteiger partial charge in [-0.05, 0) is 55.3 Å². The van der Waals surface area contributed by atoms with E-state index in [0.29, 0.717) is 23.7 Å². The van der Waals surface area contributed by atoms with E-state index < -0.39 is 23.8 Å². The Morgan fingerprint density at radius 1 is 1.17 bits per heavy atom. The molecule has 0 aromatic heterocycles. The van der Waals surface area contributed by atoms with E-state index in [1.807, 2.05) is 6.92 Å². The topological polar surface area (TPSA) is 73.9 Å². The highest BCUT2D eigenvalue weighted by Crippen LogP contribution is 2.28. The highest BCUT2D eigenvalue weighted by atomic mass is 19.1. The van der Waals surface area contributed by atoms with E-state index in [4.69, 9.17) is 14.2 Å². The van der Waals surface area contributed by atoms with Crippen LogP contribution in [0.2, 0.25) is 0 Å². The molecule has 6 nitrogen and oxygen atoms in total. The van der Waals surface area contributed by atoms with E-state index in [-0.39, 0.29) is 5.69 Å². The molecule has 7 heteroatoms. The Kier molecular flexibility index (Phi) is 8.21. The minimum absolute atomic E-state index is 0.283. The van der Waals surface area contributed by atoms with E-state index >= 15 is 0 Å². The highest BCUT2D eigenvalue weighted by molar-refractivity contribution is 5.96. The number of hydrogen-bond donors (Lipinski definition) is 1. The number of carbonyl (C=O) groups excluding carboxylic acids is 2. The Morgan fingerprint density at radius 2 is 1.97 bits per heavy atom. The van der Waals surface area contributed by atoms with Crippen molar-refractivity contribution in [1.29, 1.82) is 0 Å². The summed E-state index contributed by atoms with van der Waals surface area (Å²) >= 11 is 0. The number of amides is 1. The van der Waals surface area contributed by atoms with Crippen LogP contribution in [0.4, 0.5) is 10.1 Å². The molecule has 0 saturated heterocycles. The first-order valence-corrected chi connectivity index (χ1v) is 9.19. The van der Waals surface area contributed by atoms with Crippen LogP contribution in [0, 0.1) is 5.82 Å². The first-order chi connectivity index (χ1) is 13.9. The number of benzene rings is 2. The molecule has 2 rings (SSSR count). The van der Waals surface area contributed by atoms with E-state index in [2.05, 4.69) is 5.32 Å². The van der Waals surface area contributed by atoms with Crippen LogP contribution in [0.1, 0.15) is 25.8 Å². The predicted molar refractivity (Wildman–Crippen MR) is 108 cm³/mol. The van der Waals surface area contributed by atoms with Crippen molar-refractivity contribution in [2.24, 2.45) is 0 Å². The molecule has 1 amide bonds.